The molecule has 0 bridgehead atoms. The summed E-state index contributed by atoms with van der Waals surface area (Å²) < 4.78 is 62.2. The minimum Gasteiger partial charge on any atom is -0.345 e. The van der Waals surface area contributed by atoms with E-state index in [4.69, 9.17) is 0 Å². The SMILES string of the molecule is O=C(Nc1cnc2[nH]ccc2n1)NC1CCCN(S(=O)(=O)CCC(F)(F)F)C1. The molecule has 9 nitrogen and oxygen atoms in total. The van der Waals surface area contributed by atoms with Gasteiger partial charge in [-0.2, -0.15) is 17.5 Å². The van der Waals surface area contributed by atoms with E-state index in [-0.39, 0.29) is 18.9 Å². The number of hydrogen-bond donors (Lipinski definition) is 3. The molecule has 154 valence electrons. The molecule has 2 aromatic heterocycles. The number of nitrogens with one attached hydrogen (secondary N) is 3. The van der Waals surface area contributed by atoms with Crippen LogP contribution in [0.3, 0.4) is 0 Å². The smallest absolute Gasteiger partial charge is 0.345 e. The van der Waals surface area contributed by atoms with Crippen LogP contribution in [0.1, 0.15) is 19.3 Å². The third-order valence-corrected chi connectivity index (χ3v) is 6.10. The predicted octanol–water partition coefficient (Wildman–Crippen LogP) is 1.83. The summed E-state index contributed by atoms with van der Waals surface area (Å²) >= 11 is 0. The van der Waals surface area contributed by atoms with Crippen LogP contribution in [-0.4, -0.2) is 64.8 Å². The van der Waals surface area contributed by atoms with E-state index in [0.717, 1.165) is 4.31 Å². The quantitative estimate of drug-likeness (QED) is 0.682. The summed E-state index contributed by atoms with van der Waals surface area (Å²) in [5.74, 6) is -0.781. The van der Waals surface area contributed by atoms with Crippen molar-refractivity contribution in [3.8, 4) is 0 Å². The van der Waals surface area contributed by atoms with Crippen LogP contribution in [0.5, 0.6) is 0 Å². The van der Waals surface area contributed by atoms with Gasteiger partial charge in [-0.1, -0.05) is 0 Å². The maximum Gasteiger partial charge on any atom is 0.390 e. The van der Waals surface area contributed by atoms with Crippen LogP contribution >= 0.6 is 0 Å². The first kappa shape index (κ1) is 20.3. The first-order valence-corrected chi connectivity index (χ1v) is 10.2. The Balaban J connectivity index is 1.55. The number of anilines is 1. The third-order valence-electron chi connectivity index (χ3n) is 4.26. The van der Waals surface area contributed by atoms with E-state index >= 15 is 0 Å². The summed E-state index contributed by atoms with van der Waals surface area (Å²) in [6, 6.07) is 0.582. The lowest BCUT2D eigenvalue weighted by molar-refractivity contribution is -0.130. The average Bonchev–Trinajstić information content (AvgIpc) is 3.07. The Labute approximate surface area is 158 Å². The summed E-state index contributed by atoms with van der Waals surface area (Å²) in [7, 11) is -4.05. The van der Waals surface area contributed by atoms with E-state index in [1.54, 1.807) is 12.3 Å². The number of halogens is 3. The largest absolute Gasteiger partial charge is 0.390 e. The van der Waals surface area contributed by atoms with Crippen LogP contribution in [0, 0.1) is 0 Å². The molecule has 1 unspecified atom stereocenters. The molecule has 0 radical (unpaired) electrons. The zero-order valence-electron chi connectivity index (χ0n) is 14.7. The number of sulfonamides is 1. The van der Waals surface area contributed by atoms with Crippen LogP contribution < -0.4 is 10.6 Å². The first-order chi connectivity index (χ1) is 13.1. The van der Waals surface area contributed by atoms with Crippen LogP contribution in [0.15, 0.2) is 18.5 Å². The number of H-pyrrole nitrogens is 1. The van der Waals surface area contributed by atoms with Gasteiger partial charge in [-0.3, -0.25) is 5.32 Å². The molecule has 2 aromatic rings. The molecule has 1 saturated heterocycles. The predicted molar refractivity (Wildman–Crippen MR) is 95.1 cm³/mol. The van der Waals surface area contributed by atoms with Crippen molar-refractivity contribution >= 4 is 33.0 Å². The van der Waals surface area contributed by atoms with Crippen molar-refractivity contribution in [3.05, 3.63) is 18.5 Å². The second-order valence-corrected chi connectivity index (χ2v) is 8.53. The molecule has 28 heavy (non-hydrogen) atoms. The van der Waals surface area contributed by atoms with Crippen LogP contribution in [0.2, 0.25) is 0 Å². The van der Waals surface area contributed by atoms with Gasteiger partial charge in [0.1, 0.15) is 5.52 Å². The highest BCUT2D eigenvalue weighted by Gasteiger charge is 2.34. The Kier molecular flexibility index (Phi) is 5.74. The van der Waals surface area contributed by atoms with Crippen molar-refractivity contribution in [2.24, 2.45) is 0 Å². The molecule has 13 heteroatoms. The molecule has 0 spiro atoms. The highest BCUT2D eigenvalue weighted by molar-refractivity contribution is 7.89. The number of aromatic nitrogens is 3. The van der Waals surface area contributed by atoms with Gasteiger partial charge >= 0.3 is 12.2 Å². The van der Waals surface area contributed by atoms with E-state index in [0.29, 0.717) is 24.0 Å². The molecular weight excluding hydrogens is 401 g/mol. The minimum atomic E-state index is -4.54. The number of fused-ring (bicyclic) bond motifs is 1. The number of nitrogens with zero attached hydrogens (tertiary/aromatic N) is 3. The number of aromatic amines is 1. The fourth-order valence-corrected chi connectivity index (χ4v) is 4.48. The molecule has 3 rings (SSSR count). The van der Waals surface area contributed by atoms with E-state index in [1.165, 1.54) is 6.20 Å². The van der Waals surface area contributed by atoms with Crippen molar-refractivity contribution < 1.29 is 26.4 Å². The minimum absolute atomic E-state index is 0.0733. The molecule has 0 aromatic carbocycles. The second-order valence-electron chi connectivity index (χ2n) is 6.44. The normalized spacial score (nSPS) is 18.9. The fourth-order valence-electron chi connectivity index (χ4n) is 2.92. The van der Waals surface area contributed by atoms with Gasteiger partial charge in [0.15, 0.2) is 11.5 Å². The van der Waals surface area contributed by atoms with Gasteiger partial charge in [-0.05, 0) is 18.9 Å². The summed E-state index contributed by atoms with van der Waals surface area (Å²) in [6.45, 7) is 0.0613. The van der Waals surface area contributed by atoms with E-state index in [1.807, 2.05) is 0 Å². The average molecular weight is 420 g/mol. The van der Waals surface area contributed by atoms with Crippen LogP contribution in [-0.2, 0) is 10.0 Å². The lowest BCUT2D eigenvalue weighted by Crippen LogP contribution is -2.51. The molecule has 3 heterocycles. The maximum absolute atomic E-state index is 12.3. The monoisotopic (exact) mass is 420 g/mol. The summed E-state index contributed by atoms with van der Waals surface area (Å²) in [4.78, 5) is 23.3. The van der Waals surface area contributed by atoms with Gasteiger partial charge in [0, 0.05) is 25.3 Å². The van der Waals surface area contributed by atoms with Crippen LogP contribution in [0.25, 0.3) is 11.2 Å². The highest BCUT2D eigenvalue weighted by atomic mass is 32.2. The molecule has 1 aliphatic rings. The van der Waals surface area contributed by atoms with E-state index in [9.17, 15) is 26.4 Å². The highest BCUT2D eigenvalue weighted by Crippen LogP contribution is 2.22. The Hall–Kier alpha value is -2.41. The first-order valence-electron chi connectivity index (χ1n) is 8.55. The van der Waals surface area contributed by atoms with Crippen molar-refractivity contribution in [1.82, 2.24) is 24.6 Å². The summed E-state index contributed by atoms with van der Waals surface area (Å²) in [5.41, 5.74) is 1.13. The molecule has 0 aliphatic carbocycles. The lowest BCUT2D eigenvalue weighted by atomic mass is 10.1. The molecule has 2 amide bonds. The molecule has 3 N–H and O–H groups in total. The zero-order chi connectivity index (χ0) is 20.4. The van der Waals surface area contributed by atoms with Gasteiger partial charge in [-0.25, -0.2) is 23.2 Å². The summed E-state index contributed by atoms with van der Waals surface area (Å²) in [5, 5.41) is 5.15. The van der Waals surface area contributed by atoms with E-state index in [2.05, 4.69) is 25.6 Å². The van der Waals surface area contributed by atoms with Gasteiger partial charge < -0.3 is 10.3 Å². The second kappa shape index (κ2) is 7.91. The van der Waals surface area contributed by atoms with Crippen molar-refractivity contribution in [2.45, 2.75) is 31.5 Å². The van der Waals surface area contributed by atoms with Crippen molar-refractivity contribution in [1.29, 1.82) is 0 Å². The fraction of sp³-hybridized carbons (Fsp3) is 0.533. The number of alkyl halides is 3. The number of rotatable bonds is 5. The number of piperidine rings is 1. The molecule has 1 aliphatic heterocycles. The Morgan fingerprint density at radius 3 is 2.93 bits per heavy atom. The van der Waals surface area contributed by atoms with Gasteiger partial charge in [0.25, 0.3) is 0 Å². The lowest BCUT2D eigenvalue weighted by Gasteiger charge is -2.32. The Morgan fingerprint density at radius 1 is 1.39 bits per heavy atom. The molecule has 1 fully saturated rings. The topological polar surface area (TPSA) is 120 Å². The summed E-state index contributed by atoms with van der Waals surface area (Å²) in [6.07, 6.45) is -1.96. The van der Waals surface area contributed by atoms with Crippen molar-refractivity contribution in [3.63, 3.8) is 0 Å². The van der Waals surface area contributed by atoms with Gasteiger partial charge in [0.2, 0.25) is 10.0 Å². The van der Waals surface area contributed by atoms with Crippen LogP contribution in [0.4, 0.5) is 23.8 Å². The van der Waals surface area contributed by atoms with Gasteiger partial charge in [0.05, 0.1) is 18.4 Å². The molecular formula is C15H19F3N6O3S. The number of carbonyl (C=O) groups is 1. The maximum atomic E-state index is 12.3. The number of hydrogen-bond acceptors (Lipinski definition) is 5. The van der Waals surface area contributed by atoms with E-state index < -0.39 is 40.4 Å². The van der Waals surface area contributed by atoms with Gasteiger partial charge in [-0.15, -0.1) is 0 Å². The molecule has 1 atom stereocenters. The third kappa shape index (κ3) is 5.32. The number of amides is 2. The Bertz CT molecular complexity index is 946. The number of carbonyl (C=O) groups excluding carboxylic acids is 1. The standard InChI is InChI=1S/C15H19F3N6O3S/c16-15(17,18)4-7-28(26,27)24-6-1-2-10(9-24)21-14(25)23-12-8-20-13-11(22-12)3-5-19-13/h3,5,8,10H,1-2,4,6-7,9H2,(H,19,20)(H2,21,22,23,25). The molecule has 0 saturated carbocycles. The number of urea groups is 1. The zero-order valence-corrected chi connectivity index (χ0v) is 15.5. The van der Waals surface area contributed by atoms with Crippen molar-refractivity contribution in [2.75, 3.05) is 24.2 Å². The Morgan fingerprint density at radius 2 is 2.18 bits per heavy atom.